The number of aromatic nitrogens is 1. The van der Waals surface area contributed by atoms with Crippen LogP contribution in [-0.4, -0.2) is 18.2 Å². The van der Waals surface area contributed by atoms with E-state index in [-0.39, 0.29) is 0 Å². The molecule has 166 valence electrons. The molecule has 0 unspecified atom stereocenters. The summed E-state index contributed by atoms with van der Waals surface area (Å²) in [6.07, 6.45) is 1.80. The van der Waals surface area contributed by atoms with E-state index in [0.717, 1.165) is 33.5 Å². The maximum atomic E-state index is 5.52. The molecule has 1 aliphatic rings. The van der Waals surface area contributed by atoms with Gasteiger partial charge in [0.25, 0.3) is 0 Å². The van der Waals surface area contributed by atoms with Gasteiger partial charge in [-0.2, -0.15) is 0 Å². The standard InChI is InChI=1S/C10H10N2.C9H11NO2.C7H9N/c11-7-8-3-4-10-9(6-8)2-1-5-12-10;10-6-7-1-2-8-9(5-7)12-4-3-11-8;8-6-7-4-2-1-3-5-7/h1-6H,7,11H2;1-2,5H,3-4,6,10H2;1-5H,6,8H2. The monoisotopic (exact) mass is 430 g/mol. The summed E-state index contributed by atoms with van der Waals surface area (Å²) in [6, 6.07) is 25.8. The molecular weight excluding hydrogens is 400 g/mol. The zero-order chi connectivity index (χ0) is 22.6. The Morgan fingerprint density at radius 1 is 0.625 bits per heavy atom. The molecule has 0 bridgehead atoms. The lowest BCUT2D eigenvalue weighted by Gasteiger charge is -2.18. The zero-order valence-electron chi connectivity index (χ0n) is 18.1. The van der Waals surface area contributed by atoms with E-state index in [1.165, 1.54) is 5.56 Å². The highest BCUT2D eigenvalue weighted by Crippen LogP contribution is 2.30. The van der Waals surface area contributed by atoms with E-state index in [9.17, 15) is 0 Å². The number of pyridine rings is 1. The molecule has 0 spiro atoms. The average molecular weight is 431 g/mol. The van der Waals surface area contributed by atoms with Crippen LogP contribution >= 0.6 is 0 Å². The van der Waals surface area contributed by atoms with Crippen molar-refractivity contribution in [3.8, 4) is 11.5 Å². The third kappa shape index (κ3) is 6.78. The fourth-order valence-electron chi connectivity index (χ4n) is 3.08. The fraction of sp³-hybridized carbons (Fsp3) is 0.192. The topological polar surface area (TPSA) is 109 Å². The second-order valence-electron chi connectivity index (χ2n) is 7.11. The van der Waals surface area contributed by atoms with E-state index in [4.69, 9.17) is 26.7 Å². The van der Waals surface area contributed by atoms with Gasteiger partial charge in [-0.3, -0.25) is 4.98 Å². The summed E-state index contributed by atoms with van der Waals surface area (Å²) in [4.78, 5) is 4.22. The Hall–Kier alpha value is -3.45. The van der Waals surface area contributed by atoms with Gasteiger partial charge >= 0.3 is 0 Å². The largest absolute Gasteiger partial charge is 0.486 e. The Kier molecular flexibility index (Phi) is 9.01. The molecule has 2 heterocycles. The van der Waals surface area contributed by atoms with Crippen molar-refractivity contribution in [3.63, 3.8) is 0 Å². The van der Waals surface area contributed by atoms with E-state index in [0.29, 0.717) is 32.8 Å². The number of ether oxygens (including phenoxy) is 2. The maximum Gasteiger partial charge on any atom is 0.161 e. The molecule has 6 nitrogen and oxygen atoms in total. The van der Waals surface area contributed by atoms with Gasteiger partial charge in [-0.05, 0) is 47.0 Å². The molecule has 0 saturated carbocycles. The summed E-state index contributed by atoms with van der Waals surface area (Å²) < 4.78 is 10.7. The van der Waals surface area contributed by atoms with Crippen molar-refractivity contribution in [2.75, 3.05) is 13.2 Å². The van der Waals surface area contributed by atoms with Crippen LogP contribution < -0.4 is 26.7 Å². The van der Waals surface area contributed by atoms with Gasteiger partial charge in [-0.15, -0.1) is 0 Å². The summed E-state index contributed by atoms with van der Waals surface area (Å²) in [6.45, 7) is 3.03. The Labute approximate surface area is 189 Å². The number of hydrogen-bond donors (Lipinski definition) is 3. The summed E-state index contributed by atoms with van der Waals surface area (Å²) in [5.41, 5.74) is 20.8. The van der Waals surface area contributed by atoms with E-state index >= 15 is 0 Å². The van der Waals surface area contributed by atoms with Crippen LogP contribution in [0, 0.1) is 0 Å². The SMILES string of the molecule is NCc1ccc2c(c1)OCCO2.NCc1ccc2ncccc2c1.NCc1ccccc1. The molecule has 6 N–H and O–H groups in total. The number of benzene rings is 3. The molecule has 0 atom stereocenters. The van der Waals surface area contributed by atoms with Crippen molar-refractivity contribution in [1.29, 1.82) is 0 Å². The van der Waals surface area contributed by atoms with Crippen LogP contribution in [0.2, 0.25) is 0 Å². The van der Waals surface area contributed by atoms with E-state index in [2.05, 4.69) is 11.1 Å². The third-order valence-corrected chi connectivity index (χ3v) is 4.82. The van der Waals surface area contributed by atoms with Crippen molar-refractivity contribution in [2.45, 2.75) is 19.6 Å². The molecule has 6 heteroatoms. The van der Waals surface area contributed by atoms with Crippen molar-refractivity contribution >= 4 is 10.9 Å². The van der Waals surface area contributed by atoms with Gasteiger partial charge in [0.2, 0.25) is 0 Å². The third-order valence-electron chi connectivity index (χ3n) is 4.82. The Morgan fingerprint density at radius 3 is 1.97 bits per heavy atom. The lowest BCUT2D eigenvalue weighted by Crippen LogP contribution is -2.15. The molecule has 3 aromatic carbocycles. The minimum absolute atomic E-state index is 0.538. The van der Waals surface area contributed by atoms with E-state index < -0.39 is 0 Å². The minimum atomic E-state index is 0.538. The minimum Gasteiger partial charge on any atom is -0.486 e. The Bertz CT molecular complexity index is 1100. The summed E-state index contributed by atoms with van der Waals surface area (Å²) in [7, 11) is 0. The van der Waals surface area contributed by atoms with E-state index in [1.807, 2.05) is 72.8 Å². The fourth-order valence-corrected chi connectivity index (χ4v) is 3.08. The molecule has 0 fully saturated rings. The van der Waals surface area contributed by atoms with E-state index in [1.54, 1.807) is 6.20 Å². The predicted octanol–water partition coefficient (Wildman–Crippen LogP) is 3.76. The van der Waals surface area contributed by atoms with Gasteiger partial charge in [-0.1, -0.05) is 48.5 Å². The molecule has 0 saturated heterocycles. The number of nitrogens with two attached hydrogens (primary N) is 3. The molecule has 0 radical (unpaired) electrons. The average Bonchev–Trinajstić information content (AvgIpc) is 2.89. The first-order valence-corrected chi connectivity index (χ1v) is 10.6. The van der Waals surface area contributed by atoms with Crippen molar-refractivity contribution < 1.29 is 9.47 Å². The molecule has 0 aliphatic carbocycles. The lowest BCUT2D eigenvalue weighted by atomic mass is 10.1. The summed E-state index contributed by atoms with van der Waals surface area (Å²) >= 11 is 0. The normalized spacial score (nSPS) is 11.6. The van der Waals surface area contributed by atoms with Crippen LogP contribution in [0.4, 0.5) is 0 Å². The van der Waals surface area contributed by atoms with Crippen LogP contribution in [0.3, 0.4) is 0 Å². The molecule has 5 rings (SSSR count). The van der Waals surface area contributed by atoms with Crippen molar-refractivity contribution in [1.82, 2.24) is 4.98 Å². The molecule has 0 amide bonds. The highest BCUT2D eigenvalue weighted by atomic mass is 16.6. The van der Waals surface area contributed by atoms with Crippen LogP contribution in [0.15, 0.2) is 85.1 Å². The molecule has 1 aliphatic heterocycles. The molecular formula is C26H30N4O2. The number of hydrogen-bond acceptors (Lipinski definition) is 6. The number of fused-ring (bicyclic) bond motifs is 2. The van der Waals surface area contributed by atoms with Crippen LogP contribution in [-0.2, 0) is 19.6 Å². The van der Waals surface area contributed by atoms with Gasteiger partial charge < -0.3 is 26.7 Å². The van der Waals surface area contributed by atoms with Crippen LogP contribution in [0.5, 0.6) is 11.5 Å². The molecule has 32 heavy (non-hydrogen) atoms. The number of nitrogens with zero attached hydrogens (tertiary/aromatic N) is 1. The molecule has 1 aromatic heterocycles. The lowest BCUT2D eigenvalue weighted by molar-refractivity contribution is 0.171. The number of rotatable bonds is 3. The summed E-state index contributed by atoms with van der Waals surface area (Å²) in [5.74, 6) is 1.63. The first-order chi connectivity index (χ1) is 15.7. The first-order valence-electron chi connectivity index (χ1n) is 10.6. The summed E-state index contributed by atoms with van der Waals surface area (Å²) in [5, 5.41) is 1.15. The van der Waals surface area contributed by atoms with Gasteiger partial charge in [0, 0.05) is 31.2 Å². The van der Waals surface area contributed by atoms with Gasteiger partial charge in [0.1, 0.15) is 13.2 Å². The predicted molar refractivity (Wildman–Crippen MR) is 129 cm³/mol. The quantitative estimate of drug-likeness (QED) is 0.457. The van der Waals surface area contributed by atoms with Gasteiger partial charge in [-0.25, -0.2) is 0 Å². The van der Waals surface area contributed by atoms with Gasteiger partial charge in [0.15, 0.2) is 11.5 Å². The van der Waals surface area contributed by atoms with Crippen LogP contribution in [0.1, 0.15) is 16.7 Å². The molecule has 4 aromatic rings. The van der Waals surface area contributed by atoms with Crippen molar-refractivity contribution in [2.24, 2.45) is 17.2 Å². The second kappa shape index (κ2) is 12.4. The van der Waals surface area contributed by atoms with Crippen LogP contribution in [0.25, 0.3) is 10.9 Å². The first kappa shape index (κ1) is 23.2. The maximum absolute atomic E-state index is 5.52. The zero-order valence-corrected chi connectivity index (χ0v) is 18.1. The van der Waals surface area contributed by atoms with Crippen molar-refractivity contribution in [3.05, 3.63) is 102 Å². The highest BCUT2D eigenvalue weighted by Gasteiger charge is 2.10. The Balaban J connectivity index is 0.000000139. The highest BCUT2D eigenvalue weighted by molar-refractivity contribution is 5.78. The smallest absolute Gasteiger partial charge is 0.161 e. The Morgan fingerprint density at radius 2 is 1.28 bits per heavy atom. The van der Waals surface area contributed by atoms with Gasteiger partial charge in [0.05, 0.1) is 5.52 Å². The second-order valence-corrected chi connectivity index (χ2v) is 7.11.